The number of hydrogen-bond acceptors (Lipinski definition) is 3. The molecule has 0 radical (unpaired) electrons. The molecule has 0 aliphatic carbocycles. The van der Waals surface area contributed by atoms with Crippen LogP contribution >= 0.6 is 0 Å². The lowest BCUT2D eigenvalue weighted by Gasteiger charge is -2.23. The fourth-order valence-electron chi connectivity index (χ4n) is 2.20. The van der Waals surface area contributed by atoms with Gasteiger partial charge in [-0.1, -0.05) is 0 Å². The summed E-state index contributed by atoms with van der Waals surface area (Å²) in [7, 11) is 0. The molecule has 5 nitrogen and oxygen atoms in total. The van der Waals surface area contributed by atoms with Gasteiger partial charge in [0.25, 0.3) is 0 Å². The number of urea groups is 1. The molecule has 0 bridgehead atoms. The second-order valence-corrected chi connectivity index (χ2v) is 4.40. The van der Waals surface area contributed by atoms with Crippen molar-refractivity contribution in [3.05, 3.63) is 29.6 Å². The molecule has 0 unspecified atom stereocenters. The zero-order valence-electron chi connectivity index (χ0n) is 10.3. The Morgan fingerprint density at radius 2 is 2.42 bits per heavy atom. The molecule has 2 amide bonds. The molecule has 1 fully saturated rings. The zero-order chi connectivity index (χ0) is 13.8. The summed E-state index contributed by atoms with van der Waals surface area (Å²) < 4.78 is 13.0. The standard InChI is InChI=1S/C13H14FN3O2/c14-10-3-4-12(9(6-10)7-15)16-13(19)17-5-1-2-11(17)8-18/h3-4,6,11,18H,1-2,5,8H2,(H,16,19)/t11-/m1/s1. The molecule has 1 saturated heterocycles. The summed E-state index contributed by atoms with van der Waals surface area (Å²) in [5, 5.41) is 20.6. The number of rotatable bonds is 2. The molecule has 0 aromatic heterocycles. The maximum absolute atomic E-state index is 13.0. The number of aliphatic hydroxyl groups excluding tert-OH is 1. The number of benzene rings is 1. The highest BCUT2D eigenvalue weighted by Crippen LogP contribution is 2.20. The summed E-state index contributed by atoms with van der Waals surface area (Å²) in [5.41, 5.74) is 0.352. The van der Waals surface area contributed by atoms with Crippen molar-refractivity contribution in [3.63, 3.8) is 0 Å². The Hall–Kier alpha value is -2.13. The molecule has 6 heteroatoms. The van der Waals surface area contributed by atoms with E-state index in [1.165, 1.54) is 17.0 Å². The van der Waals surface area contributed by atoms with E-state index in [2.05, 4.69) is 5.32 Å². The average Bonchev–Trinajstić information content (AvgIpc) is 2.89. The summed E-state index contributed by atoms with van der Waals surface area (Å²) in [6, 6.07) is 4.88. The van der Waals surface area contributed by atoms with Gasteiger partial charge in [-0.15, -0.1) is 0 Å². The van der Waals surface area contributed by atoms with Gasteiger partial charge in [0.1, 0.15) is 11.9 Å². The van der Waals surface area contributed by atoms with Crippen molar-refractivity contribution < 1.29 is 14.3 Å². The first-order valence-corrected chi connectivity index (χ1v) is 6.04. The molecule has 1 heterocycles. The number of nitrogens with one attached hydrogen (secondary N) is 1. The second-order valence-electron chi connectivity index (χ2n) is 4.40. The van der Waals surface area contributed by atoms with Crippen molar-refractivity contribution in [3.8, 4) is 6.07 Å². The molecule has 0 spiro atoms. The Bertz CT molecular complexity index is 527. The highest BCUT2D eigenvalue weighted by molar-refractivity contribution is 5.91. The van der Waals surface area contributed by atoms with Gasteiger partial charge in [-0.25, -0.2) is 9.18 Å². The zero-order valence-corrected chi connectivity index (χ0v) is 10.3. The predicted octanol–water partition coefficient (Wildman–Crippen LogP) is 1.69. The SMILES string of the molecule is N#Cc1cc(F)ccc1NC(=O)N1CCC[C@@H]1CO. The molecule has 19 heavy (non-hydrogen) atoms. The number of nitrogens with zero attached hydrogens (tertiary/aromatic N) is 2. The van der Waals surface area contributed by atoms with E-state index >= 15 is 0 Å². The summed E-state index contributed by atoms with van der Waals surface area (Å²) in [4.78, 5) is 13.6. The molecule has 100 valence electrons. The van der Waals surface area contributed by atoms with Gasteiger partial charge in [0.05, 0.1) is 23.9 Å². The minimum Gasteiger partial charge on any atom is -0.394 e. The predicted molar refractivity (Wildman–Crippen MR) is 66.9 cm³/mol. The number of anilines is 1. The van der Waals surface area contributed by atoms with Gasteiger partial charge in [0.15, 0.2) is 0 Å². The Kier molecular flexibility index (Phi) is 3.97. The Morgan fingerprint density at radius 3 is 3.11 bits per heavy atom. The van der Waals surface area contributed by atoms with E-state index in [4.69, 9.17) is 10.4 Å². The first-order valence-electron chi connectivity index (χ1n) is 6.04. The highest BCUT2D eigenvalue weighted by Gasteiger charge is 2.28. The van der Waals surface area contributed by atoms with Crippen molar-refractivity contribution in [2.24, 2.45) is 0 Å². The van der Waals surface area contributed by atoms with Crippen LogP contribution in [-0.4, -0.2) is 35.2 Å². The smallest absolute Gasteiger partial charge is 0.322 e. The third-order valence-electron chi connectivity index (χ3n) is 3.19. The topological polar surface area (TPSA) is 76.4 Å². The molecule has 2 N–H and O–H groups in total. The van der Waals surface area contributed by atoms with Crippen LogP contribution in [0, 0.1) is 17.1 Å². The summed E-state index contributed by atoms with van der Waals surface area (Å²) in [6.45, 7) is 0.488. The van der Waals surface area contributed by atoms with E-state index in [9.17, 15) is 9.18 Å². The maximum atomic E-state index is 13.0. The van der Waals surface area contributed by atoms with Crippen molar-refractivity contribution in [2.45, 2.75) is 18.9 Å². The number of nitriles is 1. The molecule has 2 rings (SSSR count). The van der Waals surface area contributed by atoms with E-state index in [1.807, 2.05) is 6.07 Å². The third-order valence-corrected chi connectivity index (χ3v) is 3.19. The van der Waals surface area contributed by atoms with Crippen LogP contribution in [0.2, 0.25) is 0 Å². The molecule has 1 atom stereocenters. The lowest BCUT2D eigenvalue weighted by atomic mass is 10.2. The number of likely N-dealkylation sites (tertiary alicyclic amines) is 1. The van der Waals surface area contributed by atoms with Gasteiger partial charge >= 0.3 is 6.03 Å². The van der Waals surface area contributed by atoms with Crippen LogP contribution in [0.15, 0.2) is 18.2 Å². The molecule has 0 saturated carbocycles. The molecule has 1 aliphatic heterocycles. The van der Waals surface area contributed by atoms with Crippen LogP contribution in [0.3, 0.4) is 0 Å². The monoisotopic (exact) mass is 263 g/mol. The Morgan fingerprint density at radius 1 is 1.63 bits per heavy atom. The van der Waals surface area contributed by atoms with E-state index in [-0.39, 0.29) is 29.9 Å². The number of hydrogen-bond donors (Lipinski definition) is 2. The van der Waals surface area contributed by atoms with Gasteiger partial charge < -0.3 is 15.3 Å². The fourth-order valence-corrected chi connectivity index (χ4v) is 2.20. The minimum atomic E-state index is -0.524. The summed E-state index contributed by atoms with van der Waals surface area (Å²) in [5.74, 6) is -0.524. The van der Waals surface area contributed by atoms with E-state index in [1.54, 1.807) is 0 Å². The van der Waals surface area contributed by atoms with E-state index < -0.39 is 5.82 Å². The quantitative estimate of drug-likeness (QED) is 0.852. The van der Waals surface area contributed by atoms with Gasteiger partial charge in [0.2, 0.25) is 0 Å². The first kappa shape index (κ1) is 13.3. The molecular formula is C13H14FN3O2. The molecule has 1 aromatic carbocycles. The van der Waals surface area contributed by atoms with Gasteiger partial charge in [-0.05, 0) is 31.0 Å². The highest BCUT2D eigenvalue weighted by atomic mass is 19.1. The Balaban J connectivity index is 2.13. The third kappa shape index (κ3) is 2.83. The fraction of sp³-hybridized carbons (Fsp3) is 0.385. The largest absolute Gasteiger partial charge is 0.394 e. The van der Waals surface area contributed by atoms with Crippen LogP contribution in [-0.2, 0) is 0 Å². The van der Waals surface area contributed by atoms with E-state index in [0.717, 1.165) is 18.9 Å². The van der Waals surface area contributed by atoms with Gasteiger partial charge in [-0.3, -0.25) is 0 Å². The van der Waals surface area contributed by atoms with Crippen molar-refractivity contribution >= 4 is 11.7 Å². The van der Waals surface area contributed by atoms with Gasteiger partial charge in [-0.2, -0.15) is 5.26 Å². The van der Waals surface area contributed by atoms with Crippen molar-refractivity contribution in [2.75, 3.05) is 18.5 Å². The number of carbonyl (C=O) groups excluding carboxylic acids is 1. The number of amides is 2. The van der Waals surface area contributed by atoms with Crippen LogP contribution < -0.4 is 5.32 Å². The van der Waals surface area contributed by atoms with E-state index in [0.29, 0.717) is 6.54 Å². The number of halogens is 1. The molecular weight excluding hydrogens is 249 g/mol. The molecule has 1 aliphatic rings. The van der Waals surface area contributed by atoms with Crippen molar-refractivity contribution in [1.82, 2.24) is 4.90 Å². The average molecular weight is 263 g/mol. The maximum Gasteiger partial charge on any atom is 0.322 e. The van der Waals surface area contributed by atoms with Crippen LogP contribution in [0.25, 0.3) is 0 Å². The van der Waals surface area contributed by atoms with Gasteiger partial charge in [0, 0.05) is 6.54 Å². The summed E-state index contributed by atoms with van der Waals surface area (Å²) in [6.07, 6.45) is 1.60. The first-order chi connectivity index (χ1) is 9.15. The van der Waals surface area contributed by atoms with Crippen LogP contribution in [0.4, 0.5) is 14.9 Å². The molecule has 1 aromatic rings. The van der Waals surface area contributed by atoms with Crippen molar-refractivity contribution in [1.29, 1.82) is 5.26 Å². The Labute approximate surface area is 110 Å². The van der Waals surface area contributed by atoms with Crippen LogP contribution in [0.5, 0.6) is 0 Å². The van der Waals surface area contributed by atoms with Crippen LogP contribution in [0.1, 0.15) is 18.4 Å². The minimum absolute atomic E-state index is 0.0769. The number of aliphatic hydroxyl groups is 1. The lowest BCUT2D eigenvalue weighted by molar-refractivity contribution is 0.166. The number of carbonyl (C=O) groups is 1. The second kappa shape index (κ2) is 5.67. The normalized spacial score (nSPS) is 18.2. The lowest BCUT2D eigenvalue weighted by Crippen LogP contribution is -2.40. The summed E-state index contributed by atoms with van der Waals surface area (Å²) >= 11 is 0.